The van der Waals surface area contributed by atoms with Crippen LogP contribution in [-0.2, 0) is 22.9 Å². The molecule has 0 aliphatic heterocycles. The fourth-order valence-electron chi connectivity index (χ4n) is 3.03. The van der Waals surface area contributed by atoms with Gasteiger partial charge in [0.15, 0.2) is 11.6 Å². The highest BCUT2D eigenvalue weighted by Crippen LogP contribution is 2.25. The van der Waals surface area contributed by atoms with Crippen molar-refractivity contribution in [1.82, 2.24) is 4.72 Å². The molecule has 1 aliphatic rings. The topological polar surface area (TPSA) is 46.2 Å². The number of aryl methyl sites for hydroxylation is 2. The molecule has 0 fully saturated rings. The maximum absolute atomic E-state index is 13.3. The molecule has 0 spiro atoms. The van der Waals surface area contributed by atoms with Gasteiger partial charge in [-0.05, 0) is 73.6 Å². The largest absolute Gasteiger partial charge is 0.241 e. The molecule has 0 aromatic heterocycles. The van der Waals surface area contributed by atoms with Crippen molar-refractivity contribution < 1.29 is 17.2 Å². The second kappa shape index (κ2) is 6.61. The van der Waals surface area contributed by atoms with Crippen molar-refractivity contribution in [3.05, 3.63) is 64.7 Å². The van der Waals surface area contributed by atoms with E-state index in [0.29, 0.717) is 5.56 Å². The molecule has 0 saturated carbocycles. The molecule has 2 aromatic rings. The lowest BCUT2D eigenvalue weighted by atomic mass is 9.92. The maximum atomic E-state index is 13.3. The Morgan fingerprint density at radius 3 is 2.38 bits per heavy atom. The molecule has 3 nitrogen and oxygen atoms in total. The van der Waals surface area contributed by atoms with Gasteiger partial charge < -0.3 is 0 Å². The van der Waals surface area contributed by atoms with Gasteiger partial charge in [0.05, 0.1) is 4.90 Å². The molecule has 3 rings (SSSR count). The van der Waals surface area contributed by atoms with E-state index < -0.39 is 27.7 Å². The Bertz CT molecular complexity index is 865. The van der Waals surface area contributed by atoms with Crippen molar-refractivity contribution in [3.63, 3.8) is 0 Å². The number of sulfonamides is 1. The second-order valence-corrected chi connectivity index (χ2v) is 7.87. The first kappa shape index (κ1) is 17.0. The summed E-state index contributed by atoms with van der Waals surface area (Å²) in [7, 11) is -3.73. The number of hydrogen-bond donors (Lipinski definition) is 1. The molecule has 1 atom stereocenters. The van der Waals surface area contributed by atoms with Gasteiger partial charge in [0.25, 0.3) is 0 Å². The van der Waals surface area contributed by atoms with Crippen molar-refractivity contribution in [3.8, 4) is 0 Å². The van der Waals surface area contributed by atoms with Gasteiger partial charge in [-0.3, -0.25) is 0 Å². The minimum atomic E-state index is -3.73. The van der Waals surface area contributed by atoms with Gasteiger partial charge in [0.2, 0.25) is 10.0 Å². The maximum Gasteiger partial charge on any atom is 0.241 e. The first-order valence-electron chi connectivity index (χ1n) is 7.96. The number of hydrogen-bond acceptors (Lipinski definition) is 2. The third-order valence-electron chi connectivity index (χ3n) is 4.41. The van der Waals surface area contributed by atoms with Crippen LogP contribution in [0.5, 0.6) is 0 Å². The summed E-state index contributed by atoms with van der Waals surface area (Å²) < 4.78 is 54.0. The summed E-state index contributed by atoms with van der Waals surface area (Å²) in [6.07, 6.45) is 4.06. The lowest BCUT2D eigenvalue weighted by molar-refractivity contribution is 0.504. The number of fused-ring (bicyclic) bond motifs is 1. The van der Waals surface area contributed by atoms with Crippen LogP contribution in [0.25, 0.3) is 0 Å². The Morgan fingerprint density at radius 2 is 1.67 bits per heavy atom. The van der Waals surface area contributed by atoms with Gasteiger partial charge in [-0.25, -0.2) is 21.9 Å². The van der Waals surface area contributed by atoms with Gasteiger partial charge >= 0.3 is 0 Å². The van der Waals surface area contributed by atoms with Gasteiger partial charge in [-0.2, -0.15) is 0 Å². The molecule has 0 amide bonds. The van der Waals surface area contributed by atoms with E-state index in [-0.39, 0.29) is 4.90 Å². The molecule has 1 N–H and O–H groups in total. The molecule has 0 bridgehead atoms. The summed E-state index contributed by atoms with van der Waals surface area (Å²) in [5.74, 6) is -1.95. The predicted molar refractivity (Wildman–Crippen MR) is 88.2 cm³/mol. The van der Waals surface area contributed by atoms with Crippen LogP contribution < -0.4 is 4.72 Å². The van der Waals surface area contributed by atoms with Crippen molar-refractivity contribution >= 4 is 10.0 Å². The standard InChI is InChI=1S/C18H19F2NO2S/c1-12(14-7-9-17(19)18(20)11-14)21-24(22,23)16-8-6-13-4-2-3-5-15(13)10-16/h6-12,21H,2-5H2,1H3/t12-/m0/s1. The summed E-state index contributed by atoms with van der Waals surface area (Å²) in [6, 6.07) is 7.90. The van der Waals surface area contributed by atoms with Gasteiger partial charge in [0.1, 0.15) is 0 Å². The molecule has 2 aromatic carbocycles. The monoisotopic (exact) mass is 351 g/mol. The molecule has 0 saturated heterocycles. The summed E-state index contributed by atoms with van der Waals surface area (Å²) >= 11 is 0. The van der Waals surface area contributed by atoms with E-state index in [1.165, 1.54) is 11.6 Å². The second-order valence-electron chi connectivity index (χ2n) is 6.15. The zero-order chi connectivity index (χ0) is 17.3. The van der Waals surface area contributed by atoms with E-state index in [9.17, 15) is 17.2 Å². The number of rotatable bonds is 4. The molecule has 0 heterocycles. The smallest absolute Gasteiger partial charge is 0.207 e. The first-order chi connectivity index (χ1) is 11.4. The third kappa shape index (κ3) is 3.49. The van der Waals surface area contributed by atoms with E-state index in [4.69, 9.17) is 0 Å². The summed E-state index contributed by atoms with van der Waals surface area (Å²) in [5.41, 5.74) is 2.65. The van der Waals surface area contributed by atoms with Crippen LogP contribution in [0.3, 0.4) is 0 Å². The van der Waals surface area contributed by atoms with Gasteiger partial charge in [0, 0.05) is 6.04 Å². The number of benzene rings is 2. The number of halogens is 2. The molecule has 0 radical (unpaired) electrons. The van der Waals surface area contributed by atoms with Gasteiger partial charge in [-0.1, -0.05) is 12.1 Å². The van der Waals surface area contributed by atoms with Crippen molar-refractivity contribution in [2.75, 3.05) is 0 Å². The molecule has 6 heteroatoms. The van der Waals surface area contributed by atoms with Gasteiger partial charge in [-0.15, -0.1) is 0 Å². The van der Waals surface area contributed by atoms with Crippen LogP contribution in [0.1, 0.15) is 42.5 Å². The lowest BCUT2D eigenvalue weighted by Crippen LogP contribution is -2.27. The molecular weight excluding hydrogens is 332 g/mol. The lowest BCUT2D eigenvalue weighted by Gasteiger charge is -2.18. The quantitative estimate of drug-likeness (QED) is 0.908. The SMILES string of the molecule is C[C@H](NS(=O)(=O)c1ccc2c(c1)CCCC2)c1ccc(F)c(F)c1. The Hall–Kier alpha value is -1.79. The highest BCUT2D eigenvalue weighted by molar-refractivity contribution is 7.89. The zero-order valence-corrected chi connectivity index (χ0v) is 14.2. The van der Waals surface area contributed by atoms with E-state index in [1.807, 2.05) is 6.07 Å². The fourth-order valence-corrected chi connectivity index (χ4v) is 4.31. The minimum Gasteiger partial charge on any atom is -0.207 e. The summed E-state index contributed by atoms with van der Waals surface area (Å²) in [4.78, 5) is 0.206. The van der Waals surface area contributed by atoms with Crippen LogP contribution in [0, 0.1) is 11.6 Å². The Kier molecular flexibility index (Phi) is 4.69. The highest BCUT2D eigenvalue weighted by atomic mass is 32.2. The third-order valence-corrected chi connectivity index (χ3v) is 5.94. The average molecular weight is 351 g/mol. The summed E-state index contributed by atoms with van der Waals surface area (Å²) in [6.45, 7) is 1.60. The van der Waals surface area contributed by atoms with Crippen molar-refractivity contribution in [1.29, 1.82) is 0 Å². The van der Waals surface area contributed by atoms with Crippen molar-refractivity contribution in [2.24, 2.45) is 0 Å². The Balaban J connectivity index is 1.84. The van der Waals surface area contributed by atoms with Crippen molar-refractivity contribution in [2.45, 2.75) is 43.5 Å². The molecule has 1 aliphatic carbocycles. The molecule has 24 heavy (non-hydrogen) atoms. The Labute approximate surface area is 140 Å². The van der Waals surface area contributed by atoms with E-state index in [0.717, 1.165) is 43.4 Å². The molecule has 0 unspecified atom stereocenters. The minimum absolute atomic E-state index is 0.206. The van der Waals surface area contributed by atoms with Crippen LogP contribution in [0.4, 0.5) is 8.78 Å². The average Bonchev–Trinajstić information content (AvgIpc) is 2.56. The normalized spacial score (nSPS) is 15.8. The van der Waals surface area contributed by atoms with Crippen LogP contribution in [-0.4, -0.2) is 8.42 Å². The summed E-state index contributed by atoms with van der Waals surface area (Å²) in [5, 5.41) is 0. The van der Waals surface area contributed by atoms with Crippen LogP contribution >= 0.6 is 0 Å². The van der Waals surface area contributed by atoms with E-state index in [1.54, 1.807) is 19.1 Å². The fraction of sp³-hybridized carbons (Fsp3) is 0.333. The zero-order valence-electron chi connectivity index (χ0n) is 13.4. The first-order valence-corrected chi connectivity index (χ1v) is 9.44. The number of nitrogens with one attached hydrogen (secondary N) is 1. The highest BCUT2D eigenvalue weighted by Gasteiger charge is 2.21. The Morgan fingerprint density at radius 1 is 0.958 bits per heavy atom. The van der Waals surface area contributed by atoms with E-state index in [2.05, 4.69) is 4.72 Å². The molecule has 128 valence electrons. The van der Waals surface area contributed by atoms with Crippen LogP contribution in [0.15, 0.2) is 41.3 Å². The predicted octanol–water partition coefficient (Wildman–Crippen LogP) is 3.88. The molecular formula is C18H19F2NO2S. The van der Waals surface area contributed by atoms with E-state index >= 15 is 0 Å². The van der Waals surface area contributed by atoms with Crippen LogP contribution in [0.2, 0.25) is 0 Å².